The molecule has 2 aromatic rings. The van der Waals surface area contributed by atoms with Crippen molar-refractivity contribution in [1.82, 2.24) is 4.90 Å². The maximum absolute atomic E-state index is 12.5. The number of carbonyl (C=O) groups excluding carboxylic acids is 3. The number of nitrogens with one attached hydrogen (secondary N) is 1. The molecule has 7 nitrogen and oxygen atoms in total. The van der Waals surface area contributed by atoms with Gasteiger partial charge in [-0.25, -0.2) is 0 Å². The number of imide groups is 1. The van der Waals surface area contributed by atoms with Crippen LogP contribution in [-0.2, 0) is 4.79 Å². The van der Waals surface area contributed by atoms with E-state index in [1.165, 1.54) is 0 Å². The van der Waals surface area contributed by atoms with Crippen molar-refractivity contribution < 1.29 is 23.9 Å². The molecule has 3 amide bonds. The Kier molecular flexibility index (Phi) is 5.40. The normalized spacial score (nSPS) is 12.7. The molecule has 0 bridgehead atoms. The molecule has 0 atom stereocenters. The van der Waals surface area contributed by atoms with E-state index in [4.69, 9.17) is 9.47 Å². The predicted octanol–water partition coefficient (Wildman–Crippen LogP) is 2.72. The highest BCUT2D eigenvalue weighted by molar-refractivity contribution is 6.22. The number of anilines is 1. The zero-order valence-corrected chi connectivity index (χ0v) is 15.2. The Bertz CT molecular complexity index is 859. The summed E-state index contributed by atoms with van der Waals surface area (Å²) in [4.78, 5) is 38.2. The molecule has 7 heteroatoms. The third-order valence-corrected chi connectivity index (χ3v) is 4.02. The lowest BCUT2D eigenvalue weighted by atomic mass is 10.1. The van der Waals surface area contributed by atoms with Crippen LogP contribution in [0.15, 0.2) is 42.5 Å². The highest BCUT2D eigenvalue weighted by Gasteiger charge is 2.36. The summed E-state index contributed by atoms with van der Waals surface area (Å²) in [7, 11) is 0. The summed E-state index contributed by atoms with van der Waals surface area (Å²) in [5, 5.41) is 2.70. The standard InChI is InChI=1S/C20H20N2O5/c1-3-26-13-9-10-17(27-4-2)16(11-13)21-18(23)12-22-19(24)14-7-5-6-8-15(14)20(22)25/h5-11H,3-4,12H2,1-2H3,(H,21,23). The Morgan fingerprint density at radius 1 is 0.963 bits per heavy atom. The molecule has 27 heavy (non-hydrogen) atoms. The van der Waals surface area contributed by atoms with Gasteiger partial charge in [0.25, 0.3) is 11.8 Å². The number of fused-ring (bicyclic) bond motifs is 1. The van der Waals surface area contributed by atoms with Gasteiger partial charge in [-0.05, 0) is 38.1 Å². The maximum Gasteiger partial charge on any atom is 0.262 e. The molecule has 140 valence electrons. The van der Waals surface area contributed by atoms with Crippen LogP contribution < -0.4 is 14.8 Å². The number of amides is 3. The smallest absolute Gasteiger partial charge is 0.262 e. The minimum Gasteiger partial charge on any atom is -0.494 e. The van der Waals surface area contributed by atoms with Crippen molar-refractivity contribution in [2.45, 2.75) is 13.8 Å². The van der Waals surface area contributed by atoms with E-state index in [0.29, 0.717) is 41.5 Å². The molecule has 2 aromatic carbocycles. The van der Waals surface area contributed by atoms with Gasteiger partial charge in [0.2, 0.25) is 5.91 Å². The van der Waals surface area contributed by atoms with Gasteiger partial charge in [0, 0.05) is 6.07 Å². The molecule has 0 aromatic heterocycles. The topological polar surface area (TPSA) is 84.9 Å². The Morgan fingerprint density at radius 3 is 2.19 bits per heavy atom. The first-order valence-electron chi connectivity index (χ1n) is 8.69. The van der Waals surface area contributed by atoms with E-state index in [0.717, 1.165) is 4.90 Å². The third kappa shape index (κ3) is 3.76. The Labute approximate surface area is 156 Å². The lowest BCUT2D eigenvalue weighted by molar-refractivity contribution is -0.116. The predicted molar refractivity (Wildman–Crippen MR) is 99.2 cm³/mol. The van der Waals surface area contributed by atoms with Crippen LogP contribution in [0.1, 0.15) is 34.6 Å². The summed E-state index contributed by atoms with van der Waals surface area (Å²) in [5.41, 5.74) is 1.04. The van der Waals surface area contributed by atoms with Gasteiger partial charge in [0.15, 0.2) is 0 Å². The molecule has 0 saturated carbocycles. The SMILES string of the molecule is CCOc1ccc(OCC)c(NC(=O)CN2C(=O)c3ccccc3C2=O)c1. The molecule has 0 radical (unpaired) electrons. The maximum atomic E-state index is 12.5. The average Bonchev–Trinajstić information content (AvgIpc) is 2.89. The molecule has 1 aliphatic heterocycles. The van der Waals surface area contributed by atoms with Gasteiger partial charge in [-0.2, -0.15) is 0 Å². The molecular weight excluding hydrogens is 348 g/mol. The number of rotatable bonds is 7. The van der Waals surface area contributed by atoms with Gasteiger partial charge in [-0.3, -0.25) is 19.3 Å². The molecular formula is C20H20N2O5. The minimum atomic E-state index is -0.501. The fourth-order valence-corrected chi connectivity index (χ4v) is 2.86. The molecule has 0 unspecified atom stereocenters. The van der Waals surface area contributed by atoms with Crippen molar-refractivity contribution in [2.75, 3.05) is 25.1 Å². The number of carbonyl (C=O) groups is 3. The zero-order chi connectivity index (χ0) is 19.4. The Morgan fingerprint density at radius 2 is 1.59 bits per heavy atom. The van der Waals surface area contributed by atoms with Gasteiger partial charge in [-0.15, -0.1) is 0 Å². The van der Waals surface area contributed by atoms with Crippen molar-refractivity contribution in [3.05, 3.63) is 53.6 Å². The Balaban J connectivity index is 1.75. The molecule has 0 spiro atoms. The molecule has 0 fully saturated rings. The van der Waals surface area contributed by atoms with Crippen LogP contribution in [0.3, 0.4) is 0 Å². The van der Waals surface area contributed by atoms with Crippen LogP contribution in [0.2, 0.25) is 0 Å². The summed E-state index contributed by atoms with van der Waals surface area (Å²) >= 11 is 0. The number of ether oxygens (including phenoxy) is 2. The van der Waals surface area contributed by atoms with Crippen LogP contribution >= 0.6 is 0 Å². The van der Waals surface area contributed by atoms with Crippen molar-refractivity contribution in [2.24, 2.45) is 0 Å². The van der Waals surface area contributed by atoms with Crippen molar-refractivity contribution in [1.29, 1.82) is 0 Å². The molecule has 0 saturated heterocycles. The van der Waals surface area contributed by atoms with Crippen LogP contribution in [0.25, 0.3) is 0 Å². The zero-order valence-electron chi connectivity index (χ0n) is 15.2. The molecule has 0 aliphatic carbocycles. The lowest BCUT2D eigenvalue weighted by Gasteiger charge is -2.16. The number of hydrogen-bond donors (Lipinski definition) is 1. The number of benzene rings is 2. The molecule has 3 rings (SSSR count). The van der Waals surface area contributed by atoms with Gasteiger partial charge in [-0.1, -0.05) is 12.1 Å². The first-order chi connectivity index (χ1) is 13.0. The van der Waals surface area contributed by atoms with Crippen molar-refractivity contribution >= 4 is 23.4 Å². The first-order valence-corrected chi connectivity index (χ1v) is 8.69. The lowest BCUT2D eigenvalue weighted by Crippen LogP contribution is -2.37. The second-order valence-electron chi connectivity index (χ2n) is 5.81. The van der Waals surface area contributed by atoms with E-state index in [2.05, 4.69) is 5.32 Å². The Hall–Kier alpha value is -3.35. The van der Waals surface area contributed by atoms with Crippen molar-refractivity contribution in [3.8, 4) is 11.5 Å². The second kappa shape index (κ2) is 7.90. The van der Waals surface area contributed by atoms with Gasteiger partial charge < -0.3 is 14.8 Å². The number of nitrogens with zero attached hydrogens (tertiary/aromatic N) is 1. The summed E-state index contributed by atoms with van der Waals surface area (Å²) in [6.07, 6.45) is 0. The fourth-order valence-electron chi connectivity index (χ4n) is 2.86. The van der Waals surface area contributed by atoms with E-state index < -0.39 is 17.7 Å². The van der Waals surface area contributed by atoms with Gasteiger partial charge in [0.1, 0.15) is 18.0 Å². The summed E-state index contributed by atoms with van der Waals surface area (Å²) in [6, 6.07) is 11.6. The third-order valence-electron chi connectivity index (χ3n) is 4.02. The van der Waals surface area contributed by atoms with Crippen LogP contribution in [0.5, 0.6) is 11.5 Å². The largest absolute Gasteiger partial charge is 0.494 e. The fraction of sp³-hybridized carbons (Fsp3) is 0.250. The molecule has 1 aliphatic rings. The molecule has 1 N–H and O–H groups in total. The molecule has 1 heterocycles. The summed E-state index contributed by atoms with van der Waals surface area (Å²) < 4.78 is 11.0. The highest BCUT2D eigenvalue weighted by atomic mass is 16.5. The van der Waals surface area contributed by atoms with E-state index in [1.807, 2.05) is 13.8 Å². The van der Waals surface area contributed by atoms with Crippen LogP contribution in [-0.4, -0.2) is 42.4 Å². The van der Waals surface area contributed by atoms with Crippen LogP contribution in [0.4, 0.5) is 5.69 Å². The van der Waals surface area contributed by atoms with Crippen molar-refractivity contribution in [3.63, 3.8) is 0 Å². The van der Waals surface area contributed by atoms with E-state index in [9.17, 15) is 14.4 Å². The summed E-state index contributed by atoms with van der Waals surface area (Å²) in [6.45, 7) is 4.22. The highest BCUT2D eigenvalue weighted by Crippen LogP contribution is 2.30. The van der Waals surface area contributed by atoms with E-state index >= 15 is 0 Å². The first kappa shape index (κ1) is 18.4. The van der Waals surface area contributed by atoms with Gasteiger partial charge in [0.05, 0.1) is 30.0 Å². The monoisotopic (exact) mass is 368 g/mol. The van der Waals surface area contributed by atoms with E-state index in [-0.39, 0.29) is 6.54 Å². The van der Waals surface area contributed by atoms with Gasteiger partial charge >= 0.3 is 0 Å². The second-order valence-corrected chi connectivity index (χ2v) is 5.81. The minimum absolute atomic E-state index is 0.309. The van der Waals surface area contributed by atoms with Crippen LogP contribution in [0, 0.1) is 0 Å². The average molecular weight is 368 g/mol. The number of hydrogen-bond acceptors (Lipinski definition) is 5. The van der Waals surface area contributed by atoms with E-state index in [1.54, 1.807) is 42.5 Å². The quantitative estimate of drug-likeness (QED) is 0.760. The summed E-state index contributed by atoms with van der Waals surface area (Å²) in [5.74, 6) is -0.384.